The van der Waals surface area contributed by atoms with Gasteiger partial charge in [-0.15, -0.1) is 0 Å². The van der Waals surface area contributed by atoms with E-state index < -0.39 is 0 Å². The minimum atomic E-state index is -0.0771. The lowest BCUT2D eigenvalue weighted by atomic mass is 10.3. The molecule has 22 heavy (non-hydrogen) atoms. The molecule has 0 aromatic carbocycles. The number of rotatable bonds is 1. The summed E-state index contributed by atoms with van der Waals surface area (Å²) >= 11 is 5.95. The van der Waals surface area contributed by atoms with Crippen molar-refractivity contribution >= 4 is 23.0 Å². The second-order valence-corrected chi connectivity index (χ2v) is 5.90. The minimum absolute atomic E-state index is 0.0771. The van der Waals surface area contributed by atoms with Crippen molar-refractivity contribution in [3.8, 4) is 0 Å². The monoisotopic (exact) mass is 315 g/mol. The zero-order valence-electron chi connectivity index (χ0n) is 12.0. The maximum atomic E-state index is 12.7. The van der Waals surface area contributed by atoms with Gasteiger partial charge in [-0.25, -0.2) is 9.50 Å². The molecule has 0 saturated carbocycles. The number of carbonyl (C=O) groups excluding carboxylic acids is 1. The van der Waals surface area contributed by atoms with Crippen molar-refractivity contribution < 1.29 is 4.79 Å². The van der Waals surface area contributed by atoms with Crippen LogP contribution in [-0.4, -0.2) is 36.5 Å². The van der Waals surface area contributed by atoms with E-state index in [9.17, 15) is 4.79 Å². The van der Waals surface area contributed by atoms with Crippen LogP contribution in [0.2, 0.25) is 5.02 Å². The van der Waals surface area contributed by atoms with Gasteiger partial charge in [-0.05, 0) is 25.1 Å². The molecule has 0 radical (unpaired) electrons. The third-order valence-corrected chi connectivity index (χ3v) is 4.08. The fraction of sp³-hybridized carbons (Fsp3) is 0.267. The molecule has 6 nitrogen and oxygen atoms in total. The van der Waals surface area contributed by atoms with E-state index in [2.05, 4.69) is 14.6 Å². The maximum Gasteiger partial charge on any atom is 0.274 e. The van der Waals surface area contributed by atoms with E-state index >= 15 is 0 Å². The van der Waals surface area contributed by atoms with Crippen LogP contribution in [-0.2, 0) is 13.1 Å². The number of aromatic nitrogens is 4. The third kappa shape index (κ3) is 2.16. The van der Waals surface area contributed by atoms with Crippen LogP contribution < -0.4 is 0 Å². The first-order chi connectivity index (χ1) is 10.6. The molecular formula is C15H14ClN5O. The van der Waals surface area contributed by atoms with E-state index in [4.69, 9.17) is 11.6 Å². The van der Waals surface area contributed by atoms with Crippen molar-refractivity contribution in [1.82, 2.24) is 24.1 Å². The Hall–Kier alpha value is -2.34. The van der Waals surface area contributed by atoms with Gasteiger partial charge in [0.25, 0.3) is 5.91 Å². The van der Waals surface area contributed by atoms with Gasteiger partial charge in [0.1, 0.15) is 5.82 Å². The normalized spacial score (nSPS) is 14.4. The molecule has 1 aliphatic rings. The summed E-state index contributed by atoms with van der Waals surface area (Å²) in [5.41, 5.74) is 2.26. The van der Waals surface area contributed by atoms with Gasteiger partial charge in [0.05, 0.1) is 22.8 Å². The van der Waals surface area contributed by atoms with Crippen molar-refractivity contribution in [1.29, 1.82) is 0 Å². The highest BCUT2D eigenvalue weighted by atomic mass is 35.5. The zero-order chi connectivity index (χ0) is 15.3. The van der Waals surface area contributed by atoms with Crippen molar-refractivity contribution in [3.05, 3.63) is 52.8 Å². The standard InChI is InChI=1S/C15H14ClN5O/c1-10-7-19-4-5-20(9-14(19)17-10)15(22)13-6-12-3-2-11(16)8-21(12)18-13/h2-3,6-8H,4-5,9H2,1H3. The number of nitrogens with zero attached hydrogens (tertiary/aromatic N) is 5. The summed E-state index contributed by atoms with van der Waals surface area (Å²) in [4.78, 5) is 18.9. The first-order valence-corrected chi connectivity index (χ1v) is 7.45. The fourth-order valence-electron chi connectivity index (χ4n) is 2.80. The Morgan fingerprint density at radius 1 is 1.27 bits per heavy atom. The highest BCUT2D eigenvalue weighted by molar-refractivity contribution is 6.30. The van der Waals surface area contributed by atoms with E-state index in [1.807, 2.05) is 19.2 Å². The molecule has 4 rings (SSSR count). The lowest BCUT2D eigenvalue weighted by Crippen LogP contribution is -2.38. The Balaban J connectivity index is 1.63. The van der Waals surface area contributed by atoms with E-state index in [1.54, 1.807) is 27.7 Å². The number of hydrogen-bond acceptors (Lipinski definition) is 3. The number of pyridine rings is 1. The number of amides is 1. The summed E-state index contributed by atoms with van der Waals surface area (Å²) < 4.78 is 3.73. The Labute approximate surface area is 131 Å². The predicted molar refractivity (Wildman–Crippen MR) is 81.9 cm³/mol. The maximum absolute atomic E-state index is 12.7. The van der Waals surface area contributed by atoms with Crippen molar-refractivity contribution in [2.75, 3.05) is 6.54 Å². The quantitative estimate of drug-likeness (QED) is 0.691. The van der Waals surface area contributed by atoms with Crippen LogP contribution in [0.4, 0.5) is 0 Å². The molecule has 1 aliphatic heterocycles. The molecule has 0 bridgehead atoms. The Morgan fingerprint density at radius 3 is 3.00 bits per heavy atom. The third-order valence-electron chi connectivity index (χ3n) is 3.85. The molecule has 0 saturated heterocycles. The smallest absolute Gasteiger partial charge is 0.274 e. The van der Waals surface area contributed by atoms with Crippen molar-refractivity contribution in [2.24, 2.45) is 0 Å². The molecule has 0 spiro atoms. The number of fused-ring (bicyclic) bond motifs is 2. The lowest BCUT2D eigenvalue weighted by molar-refractivity contribution is 0.0701. The van der Waals surface area contributed by atoms with Gasteiger partial charge < -0.3 is 9.47 Å². The summed E-state index contributed by atoms with van der Waals surface area (Å²) in [5, 5.41) is 4.91. The zero-order valence-corrected chi connectivity index (χ0v) is 12.8. The second kappa shape index (κ2) is 4.84. The molecule has 0 aliphatic carbocycles. The summed E-state index contributed by atoms with van der Waals surface area (Å²) in [6.45, 7) is 3.90. The van der Waals surface area contributed by atoms with E-state index in [0.29, 0.717) is 23.8 Å². The van der Waals surface area contributed by atoms with Crippen molar-refractivity contribution in [2.45, 2.75) is 20.0 Å². The van der Waals surface area contributed by atoms with Gasteiger partial charge in [-0.2, -0.15) is 5.10 Å². The van der Waals surface area contributed by atoms with Gasteiger partial charge >= 0.3 is 0 Å². The molecule has 0 atom stereocenters. The van der Waals surface area contributed by atoms with Crippen LogP contribution in [0.3, 0.4) is 0 Å². The Bertz CT molecular complexity index is 881. The van der Waals surface area contributed by atoms with Crippen LogP contribution in [0.15, 0.2) is 30.6 Å². The summed E-state index contributed by atoms with van der Waals surface area (Å²) in [5.74, 6) is 0.843. The minimum Gasteiger partial charge on any atom is -0.331 e. The molecule has 0 fully saturated rings. The molecule has 1 amide bonds. The van der Waals surface area contributed by atoms with Crippen LogP contribution in [0.5, 0.6) is 0 Å². The highest BCUT2D eigenvalue weighted by Gasteiger charge is 2.24. The summed E-state index contributed by atoms with van der Waals surface area (Å²) in [7, 11) is 0. The molecule has 3 aromatic rings. The molecule has 4 heterocycles. The fourth-order valence-corrected chi connectivity index (χ4v) is 2.95. The average molecular weight is 316 g/mol. The molecular weight excluding hydrogens is 302 g/mol. The van der Waals surface area contributed by atoms with Gasteiger partial charge in [-0.1, -0.05) is 11.6 Å². The van der Waals surface area contributed by atoms with Crippen LogP contribution in [0, 0.1) is 6.92 Å². The van der Waals surface area contributed by atoms with Crippen molar-refractivity contribution in [3.63, 3.8) is 0 Å². The Kier molecular flexibility index (Phi) is 2.94. The number of carbonyl (C=O) groups is 1. The second-order valence-electron chi connectivity index (χ2n) is 5.46. The van der Waals surface area contributed by atoms with Crippen LogP contribution in [0.1, 0.15) is 22.0 Å². The van der Waals surface area contributed by atoms with Gasteiger partial charge in [0.15, 0.2) is 5.69 Å². The molecule has 7 heteroatoms. The van der Waals surface area contributed by atoms with Gasteiger partial charge in [-0.3, -0.25) is 4.79 Å². The molecule has 0 unspecified atom stereocenters. The lowest BCUT2D eigenvalue weighted by Gasteiger charge is -2.26. The first kappa shape index (κ1) is 13.3. The first-order valence-electron chi connectivity index (χ1n) is 7.07. The summed E-state index contributed by atoms with van der Waals surface area (Å²) in [6.07, 6.45) is 3.71. The number of aryl methyl sites for hydroxylation is 1. The van der Waals surface area contributed by atoms with Crippen LogP contribution in [0.25, 0.3) is 5.52 Å². The molecule has 112 valence electrons. The van der Waals surface area contributed by atoms with Gasteiger partial charge in [0, 0.05) is 25.5 Å². The SMILES string of the molecule is Cc1cn2c(n1)CN(C(=O)c1cc3ccc(Cl)cn3n1)CC2. The number of imidazole rings is 1. The molecule has 0 N–H and O–H groups in total. The van der Waals surface area contributed by atoms with Crippen LogP contribution >= 0.6 is 11.6 Å². The van der Waals surface area contributed by atoms with E-state index in [1.165, 1.54) is 0 Å². The topological polar surface area (TPSA) is 55.4 Å². The predicted octanol–water partition coefficient (Wildman–Crippen LogP) is 2.15. The van der Waals surface area contributed by atoms with E-state index in [-0.39, 0.29) is 5.91 Å². The molecule has 3 aromatic heterocycles. The van der Waals surface area contributed by atoms with Gasteiger partial charge in [0.2, 0.25) is 0 Å². The van der Waals surface area contributed by atoms with E-state index in [0.717, 1.165) is 23.6 Å². The largest absolute Gasteiger partial charge is 0.331 e. The average Bonchev–Trinajstić information content (AvgIpc) is 3.07. The number of hydrogen-bond donors (Lipinski definition) is 0. The number of halogens is 1. The highest BCUT2D eigenvalue weighted by Crippen LogP contribution is 2.17. The Morgan fingerprint density at radius 2 is 2.14 bits per heavy atom. The summed E-state index contributed by atoms with van der Waals surface area (Å²) in [6, 6.07) is 5.41.